The molecule has 0 fully saturated rings. The molecule has 3 heteroatoms. The first-order valence-electron chi connectivity index (χ1n) is 3.52. The zero-order valence-corrected chi connectivity index (χ0v) is 7.43. The van der Waals surface area contributed by atoms with Crippen LogP contribution in [0.15, 0.2) is 16.8 Å². The van der Waals surface area contributed by atoms with E-state index in [1.807, 2.05) is 13.8 Å². The van der Waals surface area contributed by atoms with Crippen LogP contribution in [0, 0.1) is 0 Å². The second-order valence-electron chi connectivity index (χ2n) is 2.31. The average Bonchev–Trinajstić information content (AvgIpc) is 1.98. The summed E-state index contributed by atoms with van der Waals surface area (Å²) in [6.07, 6.45) is 1.69. The summed E-state index contributed by atoms with van der Waals surface area (Å²) < 4.78 is 0. The van der Waals surface area contributed by atoms with Crippen LogP contribution in [0.3, 0.4) is 0 Å². The maximum atomic E-state index is 11.0. The van der Waals surface area contributed by atoms with Crippen LogP contribution in [0.4, 0.5) is 0 Å². The number of nitrogens with one attached hydrogen (secondary N) is 1. The largest absolute Gasteiger partial charge is 0.354 e. The van der Waals surface area contributed by atoms with Gasteiger partial charge in [-0.3, -0.25) is 9.79 Å². The van der Waals surface area contributed by atoms with E-state index in [0.717, 1.165) is 5.71 Å². The third kappa shape index (κ3) is 3.55. The van der Waals surface area contributed by atoms with Crippen LogP contribution < -0.4 is 5.32 Å². The summed E-state index contributed by atoms with van der Waals surface area (Å²) in [4.78, 5) is 15.0. The summed E-state index contributed by atoms with van der Waals surface area (Å²) in [6, 6.07) is 0. The van der Waals surface area contributed by atoms with E-state index >= 15 is 0 Å². The highest BCUT2D eigenvalue weighted by molar-refractivity contribution is 5.96. The second kappa shape index (κ2) is 4.66. The predicted molar refractivity (Wildman–Crippen MR) is 46.6 cm³/mol. The standard InChI is InChI=1S/C8H14N2O/c1-5-7(8(11)9-4)10-6(2)3/h5H,1-4H3,(H,9,11)/b7-5-. The van der Waals surface area contributed by atoms with Gasteiger partial charge >= 0.3 is 0 Å². The molecule has 0 rings (SSSR count). The van der Waals surface area contributed by atoms with Gasteiger partial charge in [-0.05, 0) is 20.8 Å². The Labute approximate surface area is 67.2 Å². The molecule has 0 spiro atoms. The lowest BCUT2D eigenvalue weighted by atomic mass is 10.3. The van der Waals surface area contributed by atoms with Crippen LogP contribution in [-0.2, 0) is 4.79 Å². The first-order chi connectivity index (χ1) is 5.11. The zero-order valence-electron chi connectivity index (χ0n) is 7.43. The van der Waals surface area contributed by atoms with Gasteiger partial charge in [-0.15, -0.1) is 0 Å². The topological polar surface area (TPSA) is 41.5 Å². The minimum Gasteiger partial charge on any atom is -0.354 e. The van der Waals surface area contributed by atoms with Crippen molar-refractivity contribution in [2.24, 2.45) is 4.99 Å². The molecule has 0 aliphatic heterocycles. The fourth-order valence-corrected chi connectivity index (χ4v) is 0.615. The number of likely N-dealkylation sites (N-methyl/N-ethyl adjacent to an activating group) is 1. The third-order valence-electron chi connectivity index (χ3n) is 1.08. The zero-order chi connectivity index (χ0) is 8.85. The van der Waals surface area contributed by atoms with Crippen LogP contribution in [-0.4, -0.2) is 18.7 Å². The average molecular weight is 154 g/mol. The molecule has 11 heavy (non-hydrogen) atoms. The summed E-state index contributed by atoms with van der Waals surface area (Å²) in [5, 5.41) is 2.51. The fourth-order valence-electron chi connectivity index (χ4n) is 0.615. The molecule has 0 saturated heterocycles. The van der Waals surface area contributed by atoms with Crippen molar-refractivity contribution in [3.63, 3.8) is 0 Å². The highest BCUT2D eigenvalue weighted by atomic mass is 16.1. The van der Waals surface area contributed by atoms with Gasteiger partial charge in [-0.25, -0.2) is 0 Å². The molecule has 0 bridgehead atoms. The molecule has 0 aliphatic rings. The van der Waals surface area contributed by atoms with Crippen molar-refractivity contribution in [2.75, 3.05) is 7.05 Å². The molecular weight excluding hydrogens is 140 g/mol. The van der Waals surface area contributed by atoms with Gasteiger partial charge < -0.3 is 5.32 Å². The van der Waals surface area contributed by atoms with E-state index in [-0.39, 0.29) is 5.91 Å². The van der Waals surface area contributed by atoms with Crippen molar-refractivity contribution in [1.82, 2.24) is 5.32 Å². The Balaban J connectivity index is 4.45. The van der Waals surface area contributed by atoms with Gasteiger partial charge in [0, 0.05) is 12.8 Å². The lowest BCUT2D eigenvalue weighted by Crippen LogP contribution is -2.19. The molecule has 0 aromatic heterocycles. The molecule has 3 nitrogen and oxygen atoms in total. The maximum absolute atomic E-state index is 11.0. The molecule has 0 atom stereocenters. The van der Waals surface area contributed by atoms with E-state index in [0.29, 0.717) is 5.70 Å². The molecule has 0 aromatic rings. The minimum absolute atomic E-state index is 0.145. The summed E-state index contributed by atoms with van der Waals surface area (Å²) in [5.74, 6) is -0.145. The smallest absolute Gasteiger partial charge is 0.269 e. The lowest BCUT2D eigenvalue weighted by molar-refractivity contribution is -0.117. The minimum atomic E-state index is -0.145. The van der Waals surface area contributed by atoms with Crippen LogP contribution in [0.25, 0.3) is 0 Å². The van der Waals surface area contributed by atoms with E-state index in [1.54, 1.807) is 20.0 Å². The number of hydrogen-bond donors (Lipinski definition) is 1. The molecule has 0 aromatic carbocycles. The Kier molecular flexibility index (Phi) is 4.18. The van der Waals surface area contributed by atoms with Crippen molar-refractivity contribution in [1.29, 1.82) is 0 Å². The normalized spacial score (nSPS) is 10.7. The number of amides is 1. The molecule has 0 unspecified atom stereocenters. The van der Waals surface area contributed by atoms with Crippen LogP contribution in [0.5, 0.6) is 0 Å². The van der Waals surface area contributed by atoms with Gasteiger partial charge in [0.1, 0.15) is 5.70 Å². The number of carbonyl (C=O) groups is 1. The predicted octanol–water partition coefficient (Wildman–Crippen LogP) is 1.12. The van der Waals surface area contributed by atoms with Gasteiger partial charge in [0.2, 0.25) is 0 Å². The molecule has 0 radical (unpaired) electrons. The van der Waals surface area contributed by atoms with Crippen LogP contribution in [0.1, 0.15) is 20.8 Å². The molecule has 0 aliphatic carbocycles. The van der Waals surface area contributed by atoms with Crippen molar-refractivity contribution in [3.05, 3.63) is 11.8 Å². The number of carbonyl (C=O) groups excluding carboxylic acids is 1. The number of allylic oxidation sites excluding steroid dienone is 1. The fraction of sp³-hybridized carbons (Fsp3) is 0.500. The Morgan fingerprint density at radius 1 is 1.45 bits per heavy atom. The number of aliphatic imine (C=N–C) groups is 1. The van der Waals surface area contributed by atoms with Gasteiger partial charge in [-0.2, -0.15) is 0 Å². The SMILES string of the molecule is C/C=C(\N=C(C)C)C(=O)NC. The summed E-state index contributed by atoms with van der Waals surface area (Å²) >= 11 is 0. The van der Waals surface area contributed by atoms with Crippen molar-refractivity contribution >= 4 is 11.6 Å². The number of hydrogen-bond acceptors (Lipinski definition) is 2. The van der Waals surface area contributed by atoms with E-state index in [9.17, 15) is 4.79 Å². The monoisotopic (exact) mass is 154 g/mol. The van der Waals surface area contributed by atoms with Crippen molar-refractivity contribution < 1.29 is 4.79 Å². The van der Waals surface area contributed by atoms with Gasteiger partial charge in [0.05, 0.1) is 0 Å². The molecule has 0 saturated carbocycles. The maximum Gasteiger partial charge on any atom is 0.269 e. The molecule has 62 valence electrons. The van der Waals surface area contributed by atoms with Crippen LogP contribution >= 0.6 is 0 Å². The van der Waals surface area contributed by atoms with E-state index < -0.39 is 0 Å². The lowest BCUT2D eigenvalue weighted by Gasteiger charge is -1.98. The number of rotatable bonds is 2. The highest BCUT2D eigenvalue weighted by Crippen LogP contribution is 1.96. The third-order valence-corrected chi connectivity index (χ3v) is 1.08. The molecule has 0 heterocycles. The van der Waals surface area contributed by atoms with Crippen LogP contribution in [0.2, 0.25) is 0 Å². The van der Waals surface area contributed by atoms with E-state index in [4.69, 9.17) is 0 Å². The molecular formula is C8H14N2O. The summed E-state index contributed by atoms with van der Waals surface area (Å²) in [5.41, 5.74) is 1.34. The Morgan fingerprint density at radius 2 is 2.00 bits per heavy atom. The molecule has 1 N–H and O–H groups in total. The summed E-state index contributed by atoms with van der Waals surface area (Å²) in [7, 11) is 1.59. The highest BCUT2D eigenvalue weighted by Gasteiger charge is 2.02. The van der Waals surface area contributed by atoms with Crippen molar-refractivity contribution in [2.45, 2.75) is 20.8 Å². The van der Waals surface area contributed by atoms with Gasteiger partial charge in [0.25, 0.3) is 5.91 Å². The van der Waals surface area contributed by atoms with Gasteiger partial charge in [0.15, 0.2) is 0 Å². The molecule has 1 amide bonds. The first-order valence-corrected chi connectivity index (χ1v) is 3.52. The number of nitrogens with zero attached hydrogens (tertiary/aromatic N) is 1. The van der Waals surface area contributed by atoms with E-state index in [1.165, 1.54) is 0 Å². The van der Waals surface area contributed by atoms with Gasteiger partial charge in [-0.1, -0.05) is 6.08 Å². The second-order valence-corrected chi connectivity index (χ2v) is 2.31. The van der Waals surface area contributed by atoms with E-state index in [2.05, 4.69) is 10.3 Å². The summed E-state index contributed by atoms with van der Waals surface area (Å²) in [6.45, 7) is 5.50. The Bertz CT molecular complexity index is 200. The first kappa shape index (κ1) is 9.88. The Hall–Kier alpha value is -1.12. The Morgan fingerprint density at radius 3 is 2.27 bits per heavy atom. The van der Waals surface area contributed by atoms with Crippen molar-refractivity contribution in [3.8, 4) is 0 Å². The quantitative estimate of drug-likeness (QED) is 0.470.